The van der Waals surface area contributed by atoms with Gasteiger partial charge in [0, 0.05) is 4.90 Å². The Bertz CT molecular complexity index is 874. The Morgan fingerprint density at radius 3 is 2.73 bits per heavy atom. The minimum Gasteiger partial charge on any atom is -0.490 e. The molecule has 26 heavy (non-hydrogen) atoms. The lowest BCUT2D eigenvalue weighted by Crippen LogP contribution is -2.26. The van der Waals surface area contributed by atoms with Crippen LogP contribution in [0.4, 0.5) is 5.69 Å². The highest BCUT2D eigenvalue weighted by atomic mass is 32.2. The van der Waals surface area contributed by atoms with Crippen molar-refractivity contribution in [3.05, 3.63) is 53.6 Å². The number of esters is 1. The number of nitriles is 1. The van der Waals surface area contributed by atoms with Crippen LogP contribution < -0.4 is 10.1 Å². The molecular weight excluding hydrogens is 352 g/mol. The second kappa shape index (κ2) is 7.93. The molecule has 1 N–H and O–H groups in total. The summed E-state index contributed by atoms with van der Waals surface area (Å²) in [5, 5.41) is 11.4. The molecule has 1 aliphatic heterocycles. The number of anilines is 1. The summed E-state index contributed by atoms with van der Waals surface area (Å²) < 4.78 is 10.7. The number of thioether (sulfide) groups is 1. The van der Waals surface area contributed by atoms with Crippen molar-refractivity contribution in [1.29, 1.82) is 5.26 Å². The van der Waals surface area contributed by atoms with Crippen LogP contribution in [0, 0.1) is 11.3 Å². The summed E-state index contributed by atoms with van der Waals surface area (Å²) in [4.78, 5) is 24.8. The highest BCUT2D eigenvalue weighted by molar-refractivity contribution is 8.00. The average molecular weight is 368 g/mol. The number of hydrogen-bond acceptors (Lipinski definition) is 6. The molecule has 0 bridgehead atoms. The molecule has 1 unspecified atom stereocenters. The number of fused-ring (bicyclic) bond motifs is 1. The number of benzene rings is 2. The van der Waals surface area contributed by atoms with Gasteiger partial charge in [0.15, 0.2) is 0 Å². The zero-order valence-corrected chi connectivity index (χ0v) is 14.8. The number of ether oxygens (including phenoxy) is 2. The van der Waals surface area contributed by atoms with Gasteiger partial charge in [0.05, 0.1) is 28.1 Å². The summed E-state index contributed by atoms with van der Waals surface area (Å²) >= 11 is 1.46. The van der Waals surface area contributed by atoms with E-state index in [4.69, 9.17) is 14.7 Å². The first-order valence-electron chi connectivity index (χ1n) is 7.98. The molecular formula is C19H16N2O4S. The van der Waals surface area contributed by atoms with Crippen LogP contribution in [0.25, 0.3) is 0 Å². The number of carbonyl (C=O) groups is 2. The predicted molar refractivity (Wildman–Crippen MR) is 97.3 cm³/mol. The van der Waals surface area contributed by atoms with E-state index in [0.717, 1.165) is 4.90 Å². The molecule has 2 aromatic rings. The van der Waals surface area contributed by atoms with E-state index in [2.05, 4.69) is 5.32 Å². The fourth-order valence-corrected chi connectivity index (χ4v) is 3.27. The Morgan fingerprint density at radius 1 is 1.23 bits per heavy atom. The van der Waals surface area contributed by atoms with Crippen molar-refractivity contribution in [3.8, 4) is 11.8 Å². The van der Waals surface area contributed by atoms with Gasteiger partial charge < -0.3 is 14.8 Å². The lowest BCUT2D eigenvalue weighted by atomic mass is 10.2. The quantitative estimate of drug-likeness (QED) is 0.644. The van der Waals surface area contributed by atoms with Crippen LogP contribution >= 0.6 is 11.8 Å². The van der Waals surface area contributed by atoms with E-state index in [-0.39, 0.29) is 24.4 Å². The topological polar surface area (TPSA) is 88.4 Å². The minimum atomic E-state index is -0.478. The maximum Gasteiger partial charge on any atom is 0.338 e. The molecule has 1 heterocycles. The molecule has 0 saturated carbocycles. The third-order valence-corrected chi connectivity index (χ3v) is 4.89. The van der Waals surface area contributed by atoms with E-state index in [0.29, 0.717) is 22.6 Å². The molecule has 1 atom stereocenters. The first-order chi connectivity index (χ1) is 12.6. The van der Waals surface area contributed by atoms with Crippen molar-refractivity contribution in [1.82, 2.24) is 0 Å². The highest BCUT2D eigenvalue weighted by Crippen LogP contribution is 2.36. The van der Waals surface area contributed by atoms with Gasteiger partial charge in [0.1, 0.15) is 19.0 Å². The van der Waals surface area contributed by atoms with Gasteiger partial charge >= 0.3 is 5.97 Å². The van der Waals surface area contributed by atoms with E-state index >= 15 is 0 Å². The molecule has 1 amide bonds. The second-order valence-corrected chi connectivity index (χ2v) is 6.96. The third kappa shape index (κ3) is 4.16. The summed E-state index contributed by atoms with van der Waals surface area (Å²) in [6.45, 7) is 2.12. The third-order valence-electron chi connectivity index (χ3n) is 3.71. The molecule has 1 aliphatic rings. The minimum absolute atomic E-state index is 0.0798. The largest absolute Gasteiger partial charge is 0.490 e. The zero-order valence-electron chi connectivity index (χ0n) is 14.0. The molecule has 0 saturated heterocycles. The number of carbonyl (C=O) groups excluding carboxylic acids is 2. The molecule has 132 valence electrons. The number of nitrogens with zero attached hydrogens (tertiary/aromatic N) is 1. The molecule has 0 radical (unpaired) electrons. The first kappa shape index (κ1) is 17.8. The smallest absolute Gasteiger partial charge is 0.338 e. The van der Waals surface area contributed by atoms with Crippen LogP contribution in [-0.4, -0.2) is 30.3 Å². The van der Waals surface area contributed by atoms with Crippen LogP contribution in [0.2, 0.25) is 0 Å². The van der Waals surface area contributed by atoms with E-state index in [1.165, 1.54) is 11.8 Å². The molecule has 6 nitrogen and oxygen atoms in total. The van der Waals surface area contributed by atoms with Gasteiger partial charge in [-0.2, -0.15) is 5.26 Å². The standard InChI is InChI=1S/C19H16N2O4S/c1-12-18(22)21-16-10-14(4-7-17(16)26-12)19(23)25-9-8-24-15-5-2-13(11-20)3-6-15/h2-7,10,12H,8-9H2,1H3,(H,21,22). The number of nitrogens with one attached hydrogen (secondary N) is 1. The van der Waals surface area contributed by atoms with E-state index in [1.807, 2.05) is 13.0 Å². The van der Waals surface area contributed by atoms with Crippen LogP contribution in [0.5, 0.6) is 5.75 Å². The Hall–Kier alpha value is -2.98. The van der Waals surface area contributed by atoms with Crippen molar-refractivity contribution in [2.45, 2.75) is 17.1 Å². The molecule has 0 spiro atoms. The second-order valence-electron chi connectivity index (χ2n) is 5.58. The summed E-state index contributed by atoms with van der Waals surface area (Å²) in [6, 6.07) is 13.8. The molecule has 3 rings (SSSR count). The molecule has 7 heteroatoms. The first-order valence-corrected chi connectivity index (χ1v) is 8.86. The van der Waals surface area contributed by atoms with Gasteiger partial charge in [-0.15, -0.1) is 11.8 Å². The summed E-state index contributed by atoms with van der Waals surface area (Å²) in [6.07, 6.45) is 0. The van der Waals surface area contributed by atoms with Gasteiger partial charge in [-0.25, -0.2) is 4.79 Å². The fourth-order valence-electron chi connectivity index (χ4n) is 2.34. The van der Waals surface area contributed by atoms with Gasteiger partial charge in [-0.3, -0.25) is 4.79 Å². The van der Waals surface area contributed by atoms with E-state index in [9.17, 15) is 9.59 Å². The molecule has 0 aliphatic carbocycles. The maximum atomic E-state index is 12.1. The Morgan fingerprint density at radius 2 is 2.00 bits per heavy atom. The van der Waals surface area contributed by atoms with Crippen LogP contribution in [0.1, 0.15) is 22.8 Å². The normalized spacial score (nSPS) is 15.4. The SMILES string of the molecule is CC1Sc2ccc(C(=O)OCCOc3ccc(C#N)cc3)cc2NC1=O. The zero-order chi connectivity index (χ0) is 18.5. The number of hydrogen-bond donors (Lipinski definition) is 1. The Balaban J connectivity index is 1.51. The van der Waals surface area contributed by atoms with Gasteiger partial charge in [0.2, 0.25) is 5.91 Å². The van der Waals surface area contributed by atoms with Gasteiger partial charge in [-0.1, -0.05) is 0 Å². The highest BCUT2D eigenvalue weighted by Gasteiger charge is 2.23. The van der Waals surface area contributed by atoms with Crippen LogP contribution in [0.15, 0.2) is 47.4 Å². The van der Waals surface area contributed by atoms with Crippen LogP contribution in [-0.2, 0) is 9.53 Å². The summed E-state index contributed by atoms with van der Waals surface area (Å²) in [5.41, 5.74) is 1.55. The maximum absolute atomic E-state index is 12.1. The monoisotopic (exact) mass is 368 g/mol. The van der Waals surface area contributed by atoms with E-state index in [1.54, 1.807) is 42.5 Å². The summed E-state index contributed by atoms with van der Waals surface area (Å²) in [7, 11) is 0. The average Bonchev–Trinajstić information content (AvgIpc) is 2.66. The van der Waals surface area contributed by atoms with Crippen molar-refractivity contribution in [2.24, 2.45) is 0 Å². The van der Waals surface area contributed by atoms with Gasteiger partial charge in [-0.05, 0) is 49.4 Å². The van der Waals surface area contributed by atoms with Gasteiger partial charge in [0.25, 0.3) is 0 Å². The molecule has 0 aromatic heterocycles. The van der Waals surface area contributed by atoms with Crippen molar-refractivity contribution in [3.63, 3.8) is 0 Å². The van der Waals surface area contributed by atoms with E-state index < -0.39 is 5.97 Å². The Kier molecular flexibility index (Phi) is 5.44. The fraction of sp³-hybridized carbons (Fsp3) is 0.211. The molecule has 2 aromatic carbocycles. The van der Waals surface area contributed by atoms with Crippen molar-refractivity contribution < 1.29 is 19.1 Å². The number of rotatable bonds is 5. The number of amides is 1. The summed E-state index contributed by atoms with van der Waals surface area (Å²) in [5.74, 6) is 0.0422. The van der Waals surface area contributed by atoms with Crippen molar-refractivity contribution in [2.75, 3.05) is 18.5 Å². The Labute approximate surface area is 155 Å². The predicted octanol–water partition coefficient (Wildman–Crippen LogP) is 3.23. The molecule has 0 fully saturated rings. The lowest BCUT2D eigenvalue weighted by Gasteiger charge is -2.21. The van der Waals surface area contributed by atoms with Crippen LogP contribution in [0.3, 0.4) is 0 Å². The van der Waals surface area contributed by atoms with Crippen molar-refractivity contribution >= 4 is 29.3 Å². The lowest BCUT2D eigenvalue weighted by molar-refractivity contribution is -0.115.